The van der Waals surface area contributed by atoms with Crippen molar-refractivity contribution in [2.75, 3.05) is 5.32 Å². The highest BCUT2D eigenvalue weighted by molar-refractivity contribution is 6.30. The first-order valence-electron chi connectivity index (χ1n) is 7.67. The maximum Gasteiger partial charge on any atom is 0.223 e. The van der Waals surface area contributed by atoms with Crippen molar-refractivity contribution in [1.29, 1.82) is 0 Å². The SMILES string of the molecule is Clc1cccc(-c2ccnc(NC3CCCCCC3)n2)c1. The molecule has 2 aromatic rings. The summed E-state index contributed by atoms with van der Waals surface area (Å²) >= 11 is 6.05. The number of hydrogen-bond acceptors (Lipinski definition) is 3. The molecule has 0 unspecified atom stereocenters. The van der Waals surface area contributed by atoms with Crippen LogP contribution in [0.1, 0.15) is 38.5 Å². The molecule has 0 radical (unpaired) electrons. The van der Waals surface area contributed by atoms with Crippen molar-refractivity contribution in [3.8, 4) is 11.3 Å². The predicted molar refractivity (Wildman–Crippen MR) is 87.6 cm³/mol. The number of nitrogens with zero attached hydrogens (tertiary/aromatic N) is 2. The Morgan fingerprint density at radius 1 is 1.05 bits per heavy atom. The Kier molecular flexibility index (Phi) is 4.71. The van der Waals surface area contributed by atoms with Gasteiger partial charge >= 0.3 is 0 Å². The predicted octanol–water partition coefficient (Wildman–Crippen LogP) is 4.93. The smallest absolute Gasteiger partial charge is 0.223 e. The molecule has 1 aromatic carbocycles. The average Bonchev–Trinajstić information content (AvgIpc) is 2.76. The van der Waals surface area contributed by atoms with Gasteiger partial charge in [0.15, 0.2) is 0 Å². The van der Waals surface area contributed by atoms with Crippen LogP contribution in [-0.4, -0.2) is 16.0 Å². The zero-order valence-electron chi connectivity index (χ0n) is 12.1. The first kappa shape index (κ1) is 14.3. The van der Waals surface area contributed by atoms with Crippen LogP contribution >= 0.6 is 11.6 Å². The largest absolute Gasteiger partial charge is 0.351 e. The zero-order valence-corrected chi connectivity index (χ0v) is 12.8. The third-order valence-electron chi connectivity index (χ3n) is 3.96. The summed E-state index contributed by atoms with van der Waals surface area (Å²) in [7, 11) is 0. The van der Waals surface area contributed by atoms with Gasteiger partial charge in [0.1, 0.15) is 0 Å². The van der Waals surface area contributed by atoms with Crippen LogP contribution in [0.3, 0.4) is 0 Å². The number of nitrogens with one attached hydrogen (secondary N) is 1. The minimum atomic E-state index is 0.502. The molecule has 0 atom stereocenters. The first-order valence-corrected chi connectivity index (χ1v) is 8.04. The molecule has 21 heavy (non-hydrogen) atoms. The van der Waals surface area contributed by atoms with E-state index in [2.05, 4.69) is 15.3 Å². The van der Waals surface area contributed by atoms with Crippen molar-refractivity contribution >= 4 is 17.5 Å². The molecule has 0 amide bonds. The van der Waals surface area contributed by atoms with Crippen molar-refractivity contribution in [2.24, 2.45) is 0 Å². The Balaban J connectivity index is 1.76. The lowest BCUT2D eigenvalue weighted by Crippen LogP contribution is -2.19. The lowest BCUT2D eigenvalue weighted by atomic mass is 10.1. The molecule has 0 bridgehead atoms. The summed E-state index contributed by atoms with van der Waals surface area (Å²) in [5, 5.41) is 4.22. The molecule has 110 valence electrons. The minimum Gasteiger partial charge on any atom is -0.351 e. The Labute approximate surface area is 130 Å². The molecule has 3 rings (SSSR count). The summed E-state index contributed by atoms with van der Waals surface area (Å²) in [5.41, 5.74) is 1.93. The second-order valence-electron chi connectivity index (χ2n) is 5.61. The van der Waals surface area contributed by atoms with Gasteiger partial charge in [-0.25, -0.2) is 9.97 Å². The van der Waals surface area contributed by atoms with Crippen LogP contribution in [0.25, 0.3) is 11.3 Å². The summed E-state index contributed by atoms with van der Waals surface area (Å²) in [6.45, 7) is 0. The summed E-state index contributed by atoms with van der Waals surface area (Å²) in [5.74, 6) is 0.722. The topological polar surface area (TPSA) is 37.8 Å². The van der Waals surface area contributed by atoms with Crippen LogP contribution in [0.15, 0.2) is 36.5 Å². The normalized spacial score (nSPS) is 16.4. The second-order valence-corrected chi connectivity index (χ2v) is 6.05. The highest BCUT2D eigenvalue weighted by atomic mass is 35.5. The second kappa shape index (κ2) is 6.90. The maximum absolute atomic E-state index is 6.05. The van der Waals surface area contributed by atoms with Gasteiger partial charge < -0.3 is 5.32 Å². The van der Waals surface area contributed by atoms with Gasteiger partial charge in [-0.3, -0.25) is 0 Å². The van der Waals surface area contributed by atoms with Gasteiger partial charge in [0.2, 0.25) is 5.95 Å². The Morgan fingerprint density at radius 3 is 2.62 bits per heavy atom. The minimum absolute atomic E-state index is 0.502. The molecule has 1 N–H and O–H groups in total. The molecule has 1 aliphatic carbocycles. The van der Waals surface area contributed by atoms with E-state index in [4.69, 9.17) is 11.6 Å². The molecule has 4 heteroatoms. The Bertz CT molecular complexity index is 592. The van der Waals surface area contributed by atoms with Crippen LogP contribution in [-0.2, 0) is 0 Å². The third kappa shape index (κ3) is 3.94. The Morgan fingerprint density at radius 2 is 1.86 bits per heavy atom. The summed E-state index contributed by atoms with van der Waals surface area (Å²) in [6.07, 6.45) is 9.53. The van der Waals surface area contributed by atoms with E-state index in [1.165, 1.54) is 38.5 Å². The molecule has 1 aliphatic rings. The van der Waals surface area contributed by atoms with Crippen LogP contribution in [0.5, 0.6) is 0 Å². The lowest BCUT2D eigenvalue weighted by Gasteiger charge is -2.16. The Hall–Kier alpha value is -1.61. The maximum atomic E-state index is 6.05. The van der Waals surface area contributed by atoms with Crippen molar-refractivity contribution < 1.29 is 0 Å². The van der Waals surface area contributed by atoms with Crippen molar-refractivity contribution in [2.45, 2.75) is 44.6 Å². The van der Waals surface area contributed by atoms with Crippen molar-refractivity contribution in [3.63, 3.8) is 0 Å². The molecule has 3 nitrogen and oxygen atoms in total. The number of halogens is 1. The summed E-state index contributed by atoms with van der Waals surface area (Å²) < 4.78 is 0. The lowest BCUT2D eigenvalue weighted by molar-refractivity contribution is 0.615. The van der Waals surface area contributed by atoms with Crippen LogP contribution in [0.4, 0.5) is 5.95 Å². The summed E-state index contributed by atoms with van der Waals surface area (Å²) in [6, 6.07) is 10.2. The summed E-state index contributed by atoms with van der Waals surface area (Å²) in [4.78, 5) is 8.98. The molecule has 1 saturated carbocycles. The van der Waals surface area contributed by atoms with Gasteiger partial charge in [-0.1, -0.05) is 49.4 Å². The first-order chi connectivity index (χ1) is 10.3. The van der Waals surface area contributed by atoms with E-state index in [0.29, 0.717) is 6.04 Å². The van der Waals surface area contributed by atoms with Gasteiger partial charge in [-0.2, -0.15) is 0 Å². The molecule has 0 saturated heterocycles. The van der Waals surface area contributed by atoms with E-state index in [1.54, 1.807) is 0 Å². The molecule has 1 aromatic heterocycles. The van der Waals surface area contributed by atoms with Gasteiger partial charge in [0.25, 0.3) is 0 Å². The van der Waals surface area contributed by atoms with Crippen LogP contribution in [0.2, 0.25) is 5.02 Å². The molecule has 1 heterocycles. The van der Waals surface area contributed by atoms with Crippen LogP contribution in [0, 0.1) is 0 Å². The van der Waals surface area contributed by atoms with Crippen LogP contribution < -0.4 is 5.32 Å². The fraction of sp³-hybridized carbons (Fsp3) is 0.412. The fourth-order valence-corrected chi connectivity index (χ4v) is 3.03. The molecule has 0 spiro atoms. The standard InChI is InChI=1S/C17H20ClN3/c18-14-7-5-6-13(12-14)16-10-11-19-17(21-16)20-15-8-3-1-2-4-9-15/h5-7,10-12,15H,1-4,8-9H2,(H,19,20,21). The molecule has 0 aliphatic heterocycles. The van der Waals surface area contributed by atoms with E-state index >= 15 is 0 Å². The highest BCUT2D eigenvalue weighted by Gasteiger charge is 2.13. The monoisotopic (exact) mass is 301 g/mol. The van der Waals surface area contributed by atoms with E-state index < -0.39 is 0 Å². The van der Waals surface area contributed by atoms with E-state index in [-0.39, 0.29) is 0 Å². The third-order valence-corrected chi connectivity index (χ3v) is 4.20. The van der Waals surface area contributed by atoms with E-state index in [9.17, 15) is 0 Å². The van der Waals surface area contributed by atoms with Gasteiger partial charge in [-0.15, -0.1) is 0 Å². The van der Waals surface area contributed by atoms with Crippen molar-refractivity contribution in [3.05, 3.63) is 41.6 Å². The molecule has 1 fully saturated rings. The number of anilines is 1. The van der Waals surface area contributed by atoms with E-state index in [0.717, 1.165) is 22.2 Å². The van der Waals surface area contributed by atoms with Gasteiger partial charge in [0, 0.05) is 22.8 Å². The highest BCUT2D eigenvalue weighted by Crippen LogP contribution is 2.23. The zero-order chi connectivity index (χ0) is 14.5. The van der Waals surface area contributed by atoms with Gasteiger partial charge in [0.05, 0.1) is 5.69 Å². The van der Waals surface area contributed by atoms with E-state index in [1.807, 2.05) is 36.5 Å². The van der Waals surface area contributed by atoms with Gasteiger partial charge in [-0.05, 0) is 31.0 Å². The quantitative estimate of drug-likeness (QED) is 0.817. The molecular formula is C17H20ClN3. The van der Waals surface area contributed by atoms with Crippen molar-refractivity contribution in [1.82, 2.24) is 9.97 Å². The average molecular weight is 302 g/mol. The number of benzene rings is 1. The number of aromatic nitrogens is 2. The number of rotatable bonds is 3. The molecular weight excluding hydrogens is 282 g/mol. The fourth-order valence-electron chi connectivity index (χ4n) is 2.84. The number of hydrogen-bond donors (Lipinski definition) is 1.